The van der Waals surface area contributed by atoms with Crippen LogP contribution in [0.5, 0.6) is 0 Å². The topological polar surface area (TPSA) is 97.4 Å². The molecule has 23 heavy (non-hydrogen) atoms. The van der Waals surface area contributed by atoms with Crippen molar-refractivity contribution in [1.29, 1.82) is 0 Å². The standard InChI is InChI=1S/C15H17N3O4S/c1-3-23(20,21)18-14-9-8-11(10-16-14)17-13-7-5-4-6-12(13)15(19)22-2/h4-10,17H,3H2,1-2H3,(H,16,18). The quantitative estimate of drug-likeness (QED) is 0.787. The highest BCUT2D eigenvalue weighted by Gasteiger charge is 2.11. The van der Waals surface area contributed by atoms with E-state index in [9.17, 15) is 13.2 Å². The van der Waals surface area contributed by atoms with E-state index in [1.807, 2.05) is 0 Å². The first-order valence-electron chi connectivity index (χ1n) is 6.86. The van der Waals surface area contributed by atoms with Crippen LogP contribution < -0.4 is 10.0 Å². The van der Waals surface area contributed by atoms with Crippen LogP contribution in [0.2, 0.25) is 0 Å². The van der Waals surface area contributed by atoms with Gasteiger partial charge in [-0.2, -0.15) is 0 Å². The highest BCUT2D eigenvalue weighted by molar-refractivity contribution is 7.92. The van der Waals surface area contributed by atoms with Gasteiger partial charge in [-0.25, -0.2) is 18.2 Å². The van der Waals surface area contributed by atoms with Crippen LogP contribution in [0.4, 0.5) is 17.2 Å². The number of sulfonamides is 1. The number of hydrogen-bond acceptors (Lipinski definition) is 6. The number of ether oxygens (including phenoxy) is 1. The summed E-state index contributed by atoms with van der Waals surface area (Å²) in [7, 11) is -2.04. The van der Waals surface area contributed by atoms with Gasteiger partial charge in [0.25, 0.3) is 0 Å². The second-order valence-corrected chi connectivity index (χ2v) is 6.61. The van der Waals surface area contributed by atoms with Crippen LogP contribution in [0, 0.1) is 0 Å². The molecule has 2 rings (SSSR count). The van der Waals surface area contributed by atoms with E-state index in [0.29, 0.717) is 16.9 Å². The van der Waals surface area contributed by atoms with E-state index < -0.39 is 16.0 Å². The fourth-order valence-corrected chi connectivity index (χ4v) is 2.38. The molecular formula is C15H17N3O4S. The van der Waals surface area contributed by atoms with Crippen LogP contribution in [-0.4, -0.2) is 32.2 Å². The first-order valence-corrected chi connectivity index (χ1v) is 8.51. The van der Waals surface area contributed by atoms with Crippen molar-refractivity contribution in [3.05, 3.63) is 48.2 Å². The molecule has 0 aliphatic carbocycles. The monoisotopic (exact) mass is 335 g/mol. The van der Waals surface area contributed by atoms with Gasteiger partial charge in [0.05, 0.1) is 36.0 Å². The minimum absolute atomic E-state index is 0.0266. The Balaban J connectivity index is 2.18. The lowest BCUT2D eigenvalue weighted by Crippen LogP contribution is -2.15. The van der Waals surface area contributed by atoms with Crippen molar-refractivity contribution in [2.45, 2.75) is 6.92 Å². The number of carbonyl (C=O) groups is 1. The average Bonchev–Trinajstić information content (AvgIpc) is 2.56. The van der Waals surface area contributed by atoms with Gasteiger partial charge in [-0.05, 0) is 31.2 Å². The van der Waals surface area contributed by atoms with Crippen molar-refractivity contribution in [2.75, 3.05) is 22.9 Å². The zero-order chi connectivity index (χ0) is 16.9. The molecule has 2 aromatic rings. The van der Waals surface area contributed by atoms with Gasteiger partial charge in [-0.15, -0.1) is 0 Å². The van der Waals surface area contributed by atoms with Crippen molar-refractivity contribution in [1.82, 2.24) is 4.98 Å². The predicted molar refractivity (Wildman–Crippen MR) is 88.4 cm³/mol. The van der Waals surface area contributed by atoms with Crippen LogP contribution in [0.1, 0.15) is 17.3 Å². The Morgan fingerprint density at radius 3 is 2.57 bits per heavy atom. The first-order chi connectivity index (χ1) is 10.9. The smallest absolute Gasteiger partial charge is 0.339 e. The normalized spacial score (nSPS) is 10.9. The minimum Gasteiger partial charge on any atom is -0.465 e. The van der Waals surface area contributed by atoms with Crippen molar-refractivity contribution in [3.63, 3.8) is 0 Å². The minimum atomic E-state index is -3.36. The Morgan fingerprint density at radius 2 is 1.96 bits per heavy atom. The Hall–Kier alpha value is -2.61. The molecule has 122 valence electrons. The summed E-state index contributed by atoms with van der Waals surface area (Å²) >= 11 is 0. The summed E-state index contributed by atoms with van der Waals surface area (Å²) in [6.07, 6.45) is 1.47. The maximum absolute atomic E-state index is 11.7. The second kappa shape index (κ2) is 7.10. The van der Waals surface area contributed by atoms with E-state index in [4.69, 9.17) is 4.74 Å². The van der Waals surface area contributed by atoms with Crippen LogP contribution in [0.25, 0.3) is 0 Å². The van der Waals surface area contributed by atoms with Crippen molar-refractivity contribution in [2.24, 2.45) is 0 Å². The second-order valence-electron chi connectivity index (χ2n) is 4.60. The van der Waals surface area contributed by atoms with E-state index in [1.165, 1.54) is 19.4 Å². The number of para-hydroxylation sites is 1. The molecule has 2 N–H and O–H groups in total. The molecule has 7 nitrogen and oxygen atoms in total. The number of hydrogen-bond donors (Lipinski definition) is 2. The van der Waals surface area contributed by atoms with Gasteiger partial charge >= 0.3 is 5.97 Å². The molecule has 0 saturated heterocycles. The Morgan fingerprint density at radius 1 is 1.22 bits per heavy atom. The molecule has 0 radical (unpaired) electrons. The molecule has 8 heteroatoms. The molecule has 0 fully saturated rings. The molecule has 0 spiro atoms. The van der Waals surface area contributed by atoms with E-state index in [0.717, 1.165) is 0 Å². The van der Waals surface area contributed by atoms with Crippen LogP contribution in [0.15, 0.2) is 42.6 Å². The predicted octanol–water partition coefficient (Wildman–Crippen LogP) is 2.37. The zero-order valence-electron chi connectivity index (χ0n) is 12.7. The number of nitrogens with zero attached hydrogens (tertiary/aromatic N) is 1. The lowest BCUT2D eigenvalue weighted by molar-refractivity contribution is 0.0602. The number of aromatic nitrogens is 1. The number of pyridine rings is 1. The Labute approximate surface area is 134 Å². The molecule has 0 saturated carbocycles. The molecule has 1 heterocycles. The summed E-state index contributed by atoms with van der Waals surface area (Å²) in [4.78, 5) is 15.7. The number of rotatable bonds is 6. The molecule has 1 aromatic heterocycles. The molecule has 0 amide bonds. The first kappa shape index (κ1) is 16.8. The highest BCUT2D eigenvalue weighted by atomic mass is 32.2. The highest BCUT2D eigenvalue weighted by Crippen LogP contribution is 2.22. The maximum Gasteiger partial charge on any atom is 0.339 e. The third-order valence-corrected chi connectivity index (χ3v) is 4.30. The Kier molecular flexibility index (Phi) is 5.17. The van der Waals surface area contributed by atoms with Crippen molar-refractivity contribution in [3.8, 4) is 0 Å². The van der Waals surface area contributed by atoms with Gasteiger partial charge in [0.2, 0.25) is 10.0 Å². The molecule has 0 bridgehead atoms. The average molecular weight is 335 g/mol. The van der Waals surface area contributed by atoms with Gasteiger partial charge < -0.3 is 10.1 Å². The molecular weight excluding hydrogens is 318 g/mol. The van der Waals surface area contributed by atoms with Crippen LogP contribution in [0.3, 0.4) is 0 Å². The van der Waals surface area contributed by atoms with Gasteiger partial charge in [0.1, 0.15) is 5.82 Å². The van der Waals surface area contributed by atoms with Gasteiger partial charge in [-0.3, -0.25) is 4.72 Å². The summed E-state index contributed by atoms with van der Waals surface area (Å²) in [6, 6.07) is 10.1. The fraction of sp³-hybridized carbons (Fsp3) is 0.200. The number of methoxy groups -OCH3 is 1. The SMILES string of the molecule is CCS(=O)(=O)Nc1ccc(Nc2ccccc2C(=O)OC)cn1. The maximum atomic E-state index is 11.7. The van der Waals surface area contributed by atoms with Gasteiger partial charge in [0.15, 0.2) is 0 Å². The third-order valence-electron chi connectivity index (χ3n) is 3.01. The number of nitrogens with one attached hydrogen (secondary N) is 2. The third kappa shape index (κ3) is 4.43. The van der Waals surface area contributed by atoms with E-state index >= 15 is 0 Å². The number of esters is 1. The molecule has 0 unspecified atom stereocenters. The summed E-state index contributed by atoms with van der Waals surface area (Å²) in [5, 5.41) is 3.05. The fourth-order valence-electron chi connectivity index (χ4n) is 1.80. The Bertz CT molecular complexity index is 789. The summed E-state index contributed by atoms with van der Waals surface area (Å²) < 4.78 is 30.0. The van der Waals surface area contributed by atoms with Crippen molar-refractivity contribution < 1.29 is 17.9 Å². The number of benzene rings is 1. The van der Waals surface area contributed by atoms with Gasteiger partial charge in [-0.1, -0.05) is 12.1 Å². The molecule has 0 aliphatic rings. The van der Waals surface area contributed by atoms with E-state index in [-0.39, 0.29) is 11.6 Å². The molecule has 0 atom stereocenters. The molecule has 1 aromatic carbocycles. The van der Waals surface area contributed by atoms with E-state index in [1.54, 1.807) is 37.3 Å². The van der Waals surface area contributed by atoms with Crippen molar-refractivity contribution >= 4 is 33.2 Å². The van der Waals surface area contributed by atoms with Crippen LogP contribution >= 0.6 is 0 Å². The van der Waals surface area contributed by atoms with Crippen LogP contribution in [-0.2, 0) is 14.8 Å². The largest absolute Gasteiger partial charge is 0.465 e. The molecule has 0 aliphatic heterocycles. The number of anilines is 3. The lowest BCUT2D eigenvalue weighted by atomic mass is 10.1. The summed E-state index contributed by atoms with van der Waals surface area (Å²) in [6.45, 7) is 1.54. The zero-order valence-corrected chi connectivity index (χ0v) is 13.6. The van der Waals surface area contributed by atoms with E-state index in [2.05, 4.69) is 15.0 Å². The van der Waals surface area contributed by atoms with Gasteiger partial charge in [0, 0.05) is 0 Å². The summed E-state index contributed by atoms with van der Waals surface area (Å²) in [5.41, 5.74) is 1.58. The summed E-state index contributed by atoms with van der Waals surface area (Å²) in [5.74, 6) is -0.242. The number of carbonyl (C=O) groups excluding carboxylic acids is 1. The lowest BCUT2D eigenvalue weighted by Gasteiger charge is -2.11.